The zero-order valence-electron chi connectivity index (χ0n) is 14.3. The lowest BCUT2D eigenvalue weighted by molar-refractivity contribution is 0.0702. The van der Waals surface area contributed by atoms with Gasteiger partial charge in [-0.1, -0.05) is 6.42 Å². The van der Waals surface area contributed by atoms with Crippen LogP contribution in [0.5, 0.6) is 0 Å². The van der Waals surface area contributed by atoms with Crippen LogP contribution in [0.15, 0.2) is 6.07 Å². The van der Waals surface area contributed by atoms with E-state index in [1.54, 1.807) is 4.90 Å². The van der Waals surface area contributed by atoms with E-state index in [0.29, 0.717) is 18.8 Å². The molecule has 0 unspecified atom stereocenters. The number of carbonyl (C=O) groups excluding carboxylic acids is 1. The molecule has 4 heterocycles. The summed E-state index contributed by atoms with van der Waals surface area (Å²) in [7, 11) is 0. The lowest BCUT2D eigenvalue weighted by Gasteiger charge is -2.33. The van der Waals surface area contributed by atoms with Crippen LogP contribution in [0.1, 0.15) is 35.4 Å². The van der Waals surface area contributed by atoms with Gasteiger partial charge in [-0.3, -0.25) is 14.4 Å². The molecule has 142 valence electrons. The van der Waals surface area contributed by atoms with E-state index >= 15 is 0 Å². The van der Waals surface area contributed by atoms with Gasteiger partial charge in [0.25, 0.3) is 5.91 Å². The summed E-state index contributed by atoms with van der Waals surface area (Å²) in [5.74, 6) is -0.0505. The highest BCUT2D eigenvalue weighted by Crippen LogP contribution is 2.22. The van der Waals surface area contributed by atoms with Crippen molar-refractivity contribution in [3.8, 4) is 0 Å². The number of hydrogen-bond acceptors (Lipinski definition) is 5. The van der Waals surface area contributed by atoms with Crippen molar-refractivity contribution in [1.29, 1.82) is 0 Å². The average Bonchev–Trinajstić information content (AvgIpc) is 3.18. The van der Waals surface area contributed by atoms with E-state index < -0.39 is 6.10 Å². The minimum absolute atomic E-state index is 0. The Hall–Kier alpha value is -0.860. The monoisotopic (exact) mass is 391 g/mol. The number of amides is 1. The van der Waals surface area contributed by atoms with E-state index in [9.17, 15) is 9.90 Å². The van der Waals surface area contributed by atoms with Crippen LogP contribution in [0, 0.1) is 0 Å². The summed E-state index contributed by atoms with van der Waals surface area (Å²) in [4.78, 5) is 16.9. The van der Waals surface area contributed by atoms with E-state index in [1.165, 1.54) is 19.3 Å². The van der Waals surface area contributed by atoms with Crippen LogP contribution in [-0.4, -0.2) is 75.5 Å². The van der Waals surface area contributed by atoms with Crippen molar-refractivity contribution in [2.24, 2.45) is 0 Å². The second-order valence-corrected chi connectivity index (χ2v) is 6.86. The number of likely N-dealkylation sites (tertiary alicyclic amines) is 2. The van der Waals surface area contributed by atoms with E-state index in [2.05, 4.69) is 15.3 Å². The molecule has 0 saturated carbocycles. The van der Waals surface area contributed by atoms with Crippen LogP contribution in [0.25, 0.3) is 0 Å². The summed E-state index contributed by atoms with van der Waals surface area (Å²) in [6.07, 6.45) is 3.21. The van der Waals surface area contributed by atoms with Crippen LogP contribution in [-0.2, 0) is 13.1 Å². The Morgan fingerprint density at radius 1 is 1.16 bits per heavy atom. The summed E-state index contributed by atoms with van der Waals surface area (Å²) < 4.78 is 1.92. The van der Waals surface area contributed by atoms with E-state index in [4.69, 9.17) is 0 Å². The third kappa shape index (κ3) is 4.11. The first-order chi connectivity index (χ1) is 11.2. The number of fused-ring (bicyclic) bond motifs is 1. The fourth-order valence-corrected chi connectivity index (χ4v) is 4.00. The van der Waals surface area contributed by atoms with Gasteiger partial charge >= 0.3 is 0 Å². The fourth-order valence-electron chi connectivity index (χ4n) is 4.00. The molecule has 25 heavy (non-hydrogen) atoms. The highest BCUT2D eigenvalue weighted by Gasteiger charge is 2.38. The molecule has 0 aliphatic carbocycles. The van der Waals surface area contributed by atoms with Crippen LogP contribution in [0.4, 0.5) is 0 Å². The predicted molar refractivity (Wildman–Crippen MR) is 99.6 cm³/mol. The lowest BCUT2D eigenvalue weighted by atomic mass is 10.1. The molecule has 0 aromatic carbocycles. The average molecular weight is 392 g/mol. The molecular weight excluding hydrogens is 365 g/mol. The van der Waals surface area contributed by atoms with Crippen molar-refractivity contribution in [1.82, 2.24) is 24.9 Å². The Bertz CT molecular complexity index is 568. The molecule has 1 amide bonds. The molecule has 0 bridgehead atoms. The number of nitrogens with zero attached hydrogens (tertiary/aromatic N) is 4. The normalized spacial score (nSPS) is 26.5. The molecule has 7 nitrogen and oxygen atoms in total. The van der Waals surface area contributed by atoms with Crippen molar-refractivity contribution in [3.63, 3.8) is 0 Å². The molecule has 1 aromatic rings. The third-order valence-corrected chi connectivity index (χ3v) is 5.29. The van der Waals surface area contributed by atoms with E-state index in [-0.39, 0.29) is 36.8 Å². The third-order valence-electron chi connectivity index (χ3n) is 5.29. The molecule has 3 aliphatic heterocycles. The van der Waals surface area contributed by atoms with Gasteiger partial charge in [0, 0.05) is 26.2 Å². The maximum atomic E-state index is 12.7. The minimum atomic E-state index is -0.448. The van der Waals surface area contributed by atoms with Gasteiger partial charge in [-0.25, -0.2) is 0 Å². The molecule has 4 rings (SSSR count). The van der Waals surface area contributed by atoms with Gasteiger partial charge in [-0.05, 0) is 32.0 Å². The topological polar surface area (TPSA) is 73.6 Å². The van der Waals surface area contributed by atoms with E-state index in [0.717, 1.165) is 38.4 Å². The first kappa shape index (κ1) is 20.5. The molecule has 0 radical (unpaired) electrons. The Morgan fingerprint density at radius 3 is 2.64 bits per heavy atom. The SMILES string of the molecule is Cl.Cl.O=C(c1cc2n(n1)CCNC2)N1C[C@H](O)[C@@H](N2CCCCC2)C1. The van der Waals surface area contributed by atoms with Gasteiger partial charge in [0.2, 0.25) is 0 Å². The van der Waals surface area contributed by atoms with Crippen molar-refractivity contribution in [2.45, 2.75) is 44.5 Å². The molecule has 1 aromatic heterocycles. The number of carbonyl (C=O) groups is 1. The molecule has 2 saturated heterocycles. The van der Waals surface area contributed by atoms with Gasteiger partial charge in [0.1, 0.15) is 0 Å². The number of rotatable bonds is 2. The van der Waals surface area contributed by atoms with Crippen LogP contribution >= 0.6 is 24.8 Å². The van der Waals surface area contributed by atoms with Crippen molar-refractivity contribution >= 4 is 30.7 Å². The Kier molecular flexibility index (Phi) is 7.10. The Morgan fingerprint density at radius 2 is 1.92 bits per heavy atom. The molecule has 2 N–H and O–H groups in total. The molecule has 0 spiro atoms. The quantitative estimate of drug-likeness (QED) is 0.767. The van der Waals surface area contributed by atoms with Crippen molar-refractivity contribution < 1.29 is 9.90 Å². The van der Waals surface area contributed by atoms with Gasteiger partial charge < -0.3 is 15.3 Å². The highest BCUT2D eigenvalue weighted by molar-refractivity contribution is 5.92. The predicted octanol–water partition coefficient (Wildman–Crippen LogP) is 0.501. The van der Waals surface area contributed by atoms with Crippen LogP contribution < -0.4 is 5.32 Å². The number of nitrogens with one attached hydrogen (secondary N) is 1. The molecule has 3 aliphatic rings. The Labute approximate surface area is 160 Å². The van der Waals surface area contributed by atoms with Gasteiger partial charge in [-0.15, -0.1) is 24.8 Å². The maximum Gasteiger partial charge on any atom is 0.274 e. The summed E-state index contributed by atoms with van der Waals surface area (Å²) in [6.45, 7) is 5.56. The van der Waals surface area contributed by atoms with E-state index in [1.807, 2.05) is 10.7 Å². The zero-order chi connectivity index (χ0) is 15.8. The first-order valence-electron chi connectivity index (χ1n) is 8.71. The number of halogens is 2. The number of aromatic nitrogens is 2. The first-order valence-corrected chi connectivity index (χ1v) is 8.71. The summed E-state index contributed by atoms with van der Waals surface area (Å²) >= 11 is 0. The Balaban J connectivity index is 0.00000113. The second-order valence-electron chi connectivity index (χ2n) is 6.86. The standard InChI is InChI=1S/C16H25N5O2.2ClH/c22-15-11-20(10-14(15)19-5-2-1-3-6-19)16(23)13-8-12-9-17-4-7-21(12)18-13;;/h8,14-15,17,22H,1-7,9-11H2;2*1H/t14-,15-;;/m0../s1. The summed E-state index contributed by atoms with van der Waals surface area (Å²) in [6, 6.07) is 1.97. The maximum absolute atomic E-state index is 12.7. The van der Waals surface area contributed by atoms with Crippen LogP contribution in [0.3, 0.4) is 0 Å². The van der Waals surface area contributed by atoms with Crippen LogP contribution in [0.2, 0.25) is 0 Å². The number of aliphatic hydroxyl groups excluding tert-OH is 1. The molecule has 2 fully saturated rings. The number of piperidine rings is 1. The summed E-state index contributed by atoms with van der Waals surface area (Å²) in [5, 5.41) is 18.1. The molecule has 9 heteroatoms. The van der Waals surface area contributed by atoms with Crippen molar-refractivity contribution in [2.75, 3.05) is 32.7 Å². The second kappa shape index (κ2) is 8.68. The smallest absolute Gasteiger partial charge is 0.274 e. The van der Waals surface area contributed by atoms with Gasteiger partial charge in [-0.2, -0.15) is 5.10 Å². The van der Waals surface area contributed by atoms with Gasteiger partial charge in [0.05, 0.1) is 24.4 Å². The largest absolute Gasteiger partial charge is 0.390 e. The molecular formula is C16H27Cl2N5O2. The van der Waals surface area contributed by atoms with Crippen molar-refractivity contribution in [3.05, 3.63) is 17.5 Å². The lowest BCUT2D eigenvalue weighted by Crippen LogP contribution is -2.46. The highest BCUT2D eigenvalue weighted by atomic mass is 35.5. The van der Waals surface area contributed by atoms with Gasteiger partial charge in [0.15, 0.2) is 5.69 Å². The number of hydrogen-bond donors (Lipinski definition) is 2. The summed E-state index contributed by atoms with van der Waals surface area (Å²) in [5.41, 5.74) is 1.57. The molecule has 2 atom stereocenters. The number of aliphatic hydroxyl groups is 1. The zero-order valence-corrected chi connectivity index (χ0v) is 15.9. The fraction of sp³-hybridized carbons (Fsp3) is 0.750. The minimum Gasteiger partial charge on any atom is -0.390 e. The number of β-amino-alcohol motifs (C(OH)–C–C–N with tert-alkyl or cyclic N) is 1.